The molecule has 0 aromatic heterocycles. The minimum absolute atomic E-state index is 0.304. The van der Waals surface area contributed by atoms with Gasteiger partial charge in [0.15, 0.2) is 0 Å². The monoisotopic (exact) mass is 444 g/mol. The number of hydrogen-bond acceptors (Lipinski definition) is 3. The molecule has 0 saturated heterocycles. The zero-order chi connectivity index (χ0) is 22.5. The van der Waals surface area contributed by atoms with Crippen molar-refractivity contribution in [2.45, 2.75) is 19.3 Å². The molecule has 32 heavy (non-hydrogen) atoms. The number of anilines is 2. The number of carboxylic acid groups (broad SMARTS) is 1. The largest absolute Gasteiger partial charge is 0.755 e. The molecule has 6 heteroatoms. The molecular weight excluding hydrogens is 422 g/mol. The Morgan fingerprint density at radius 3 is 2.16 bits per heavy atom. The van der Waals surface area contributed by atoms with Gasteiger partial charge in [0.05, 0.1) is 28.2 Å². The summed E-state index contributed by atoms with van der Waals surface area (Å²) in [4.78, 5) is 11.5. The Labute approximate surface area is 189 Å². The fourth-order valence-electron chi connectivity index (χ4n) is 4.01. The van der Waals surface area contributed by atoms with E-state index in [2.05, 4.69) is 0 Å². The first kappa shape index (κ1) is 21.7. The van der Waals surface area contributed by atoms with E-state index in [0.717, 1.165) is 21.9 Å². The van der Waals surface area contributed by atoms with E-state index in [1.165, 1.54) is 4.31 Å². The molecule has 0 bridgehead atoms. The number of fused-ring (bicyclic) bond motifs is 1. The molecule has 0 radical (unpaired) electrons. The molecule has 1 unspecified atom stereocenters. The van der Waals surface area contributed by atoms with Crippen molar-refractivity contribution in [3.63, 3.8) is 0 Å². The van der Waals surface area contributed by atoms with Crippen molar-refractivity contribution in [3.8, 4) is 0 Å². The summed E-state index contributed by atoms with van der Waals surface area (Å²) in [6.07, 6.45) is 1.89. The van der Waals surface area contributed by atoms with Crippen molar-refractivity contribution >= 4 is 39.4 Å². The Morgan fingerprint density at radius 2 is 1.38 bits per heavy atom. The number of aryl methyl sites for hydroxylation is 2. The van der Waals surface area contributed by atoms with E-state index < -0.39 is 17.2 Å². The van der Waals surface area contributed by atoms with Crippen LogP contribution in [0.15, 0.2) is 91.0 Å². The second-order valence-corrected chi connectivity index (χ2v) is 8.25. The number of aromatic carboxylic acids is 1. The lowest BCUT2D eigenvalue weighted by Gasteiger charge is -2.29. The molecule has 4 aromatic carbocycles. The van der Waals surface area contributed by atoms with Crippen LogP contribution in [-0.4, -0.2) is 19.8 Å². The molecule has 0 heterocycles. The molecular formula is C26H22NO4S-. The van der Waals surface area contributed by atoms with Gasteiger partial charge in [0, 0.05) is 5.39 Å². The van der Waals surface area contributed by atoms with Crippen LogP contribution in [0.25, 0.3) is 10.8 Å². The number of carbonyl (C=O) groups is 1. The number of nitrogens with zero attached hydrogens (tertiary/aromatic N) is 1. The standard InChI is InChI=1S/C26H23NO4S/c28-26(29)23-16-5-2-10-20(23)12-7-14-21-11-3-6-17-24(21)27(32(30)31)25-18-8-13-19-9-1-4-15-22(19)25/h1-6,8-11,13,15-18H,7,12,14H2,(H,28,29)(H,30,31)/p-1. The fourth-order valence-corrected chi connectivity index (χ4v) is 4.67. The fraction of sp³-hybridized carbons (Fsp3) is 0.115. The van der Waals surface area contributed by atoms with Gasteiger partial charge in [0.25, 0.3) is 0 Å². The summed E-state index contributed by atoms with van der Waals surface area (Å²) in [6.45, 7) is 0. The third-order valence-corrected chi connectivity index (χ3v) is 6.18. The van der Waals surface area contributed by atoms with Crippen molar-refractivity contribution in [2.24, 2.45) is 0 Å². The van der Waals surface area contributed by atoms with Crippen molar-refractivity contribution in [1.29, 1.82) is 0 Å². The van der Waals surface area contributed by atoms with E-state index in [1.54, 1.807) is 24.3 Å². The zero-order valence-corrected chi connectivity index (χ0v) is 18.1. The van der Waals surface area contributed by atoms with Crippen molar-refractivity contribution in [2.75, 3.05) is 4.31 Å². The molecule has 1 N–H and O–H groups in total. The highest BCUT2D eigenvalue weighted by Crippen LogP contribution is 2.35. The predicted octanol–water partition coefficient (Wildman–Crippen LogP) is 5.65. The Balaban J connectivity index is 1.65. The predicted molar refractivity (Wildman–Crippen MR) is 127 cm³/mol. The van der Waals surface area contributed by atoms with Crippen LogP contribution < -0.4 is 4.31 Å². The first-order valence-electron chi connectivity index (χ1n) is 10.3. The van der Waals surface area contributed by atoms with Gasteiger partial charge >= 0.3 is 5.97 Å². The van der Waals surface area contributed by atoms with Crippen LogP contribution in [0, 0.1) is 0 Å². The summed E-state index contributed by atoms with van der Waals surface area (Å²) in [7, 11) is 0. The molecule has 0 amide bonds. The molecule has 0 fully saturated rings. The van der Waals surface area contributed by atoms with Crippen LogP contribution in [0.4, 0.5) is 11.4 Å². The summed E-state index contributed by atoms with van der Waals surface area (Å²) >= 11 is -2.52. The van der Waals surface area contributed by atoms with Crippen molar-refractivity contribution in [3.05, 3.63) is 108 Å². The van der Waals surface area contributed by atoms with Crippen LogP contribution in [0.3, 0.4) is 0 Å². The molecule has 0 saturated carbocycles. The van der Waals surface area contributed by atoms with Gasteiger partial charge < -0.3 is 9.66 Å². The highest BCUT2D eigenvalue weighted by atomic mass is 32.2. The topological polar surface area (TPSA) is 80.7 Å². The van der Waals surface area contributed by atoms with E-state index >= 15 is 0 Å². The normalized spacial score (nSPS) is 11.9. The molecule has 0 aliphatic heterocycles. The number of carboxylic acids is 1. The van der Waals surface area contributed by atoms with E-state index in [9.17, 15) is 18.7 Å². The third kappa shape index (κ3) is 4.56. The van der Waals surface area contributed by atoms with Gasteiger partial charge in [-0.2, -0.15) is 0 Å². The van der Waals surface area contributed by atoms with E-state index in [0.29, 0.717) is 36.2 Å². The van der Waals surface area contributed by atoms with Gasteiger partial charge in [-0.1, -0.05) is 72.8 Å². The van der Waals surface area contributed by atoms with Gasteiger partial charge in [-0.25, -0.2) is 4.79 Å². The van der Waals surface area contributed by atoms with Gasteiger partial charge in [0.1, 0.15) is 0 Å². The highest BCUT2D eigenvalue weighted by molar-refractivity contribution is 7.81. The number of hydrogen-bond donors (Lipinski definition) is 1. The Kier molecular flexibility index (Phi) is 6.63. The van der Waals surface area contributed by atoms with E-state index in [-0.39, 0.29) is 0 Å². The summed E-state index contributed by atoms with van der Waals surface area (Å²) < 4.78 is 26.1. The van der Waals surface area contributed by atoms with Crippen LogP contribution >= 0.6 is 0 Å². The quantitative estimate of drug-likeness (QED) is 0.356. The van der Waals surface area contributed by atoms with Gasteiger partial charge in [-0.3, -0.25) is 8.51 Å². The third-order valence-electron chi connectivity index (χ3n) is 5.48. The maximum Gasteiger partial charge on any atom is 0.335 e. The molecule has 1 atom stereocenters. The van der Waals surface area contributed by atoms with E-state index in [4.69, 9.17) is 0 Å². The Hall–Kier alpha value is -3.48. The van der Waals surface area contributed by atoms with Crippen molar-refractivity contribution in [1.82, 2.24) is 0 Å². The Morgan fingerprint density at radius 1 is 0.781 bits per heavy atom. The van der Waals surface area contributed by atoms with Crippen LogP contribution in [0.1, 0.15) is 27.9 Å². The smallest absolute Gasteiger partial charge is 0.335 e. The molecule has 0 spiro atoms. The minimum atomic E-state index is -2.52. The minimum Gasteiger partial charge on any atom is -0.755 e. The maximum absolute atomic E-state index is 12.4. The molecule has 4 aromatic rings. The lowest BCUT2D eigenvalue weighted by atomic mass is 9.99. The van der Waals surface area contributed by atoms with E-state index in [1.807, 2.05) is 66.7 Å². The molecule has 0 aliphatic carbocycles. The second kappa shape index (κ2) is 9.77. The maximum atomic E-state index is 12.4. The summed E-state index contributed by atoms with van der Waals surface area (Å²) in [5, 5.41) is 11.2. The highest BCUT2D eigenvalue weighted by Gasteiger charge is 2.17. The average Bonchev–Trinajstić information content (AvgIpc) is 2.80. The SMILES string of the molecule is O=C(O)c1ccccc1CCCc1ccccc1N(c1cccc2ccccc12)S(=O)[O-]. The molecule has 162 valence electrons. The zero-order valence-electron chi connectivity index (χ0n) is 17.3. The molecule has 4 rings (SSSR count). The lowest BCUT2D eigenvalue weighted by molar-refractivity contribution is 0.0695. The number of para-hydroxylation sites is 1. The van der Waals surface area contributed by atoms with Crippen molar-refractivity contribution < 1.29 is 18.7 Å². The van der Waals surface area contributed by atoms with Crippen LogP contribution in [-0.2, 0) is 24.1 Å². The van der Waals surface area contributed by atoms with Crippen LogP contribution in [0.5, 0.6) is 0 Å². The second-order valence-electron chi connectivity index (χ2n) is 7.45. The molecule has 0 aliphatic rings. The number of benzene rings is 4. The summed E-state index contributed by atoms with van der Waals surface area (Å²) in [6, 6.07) is 27.7. The average molecular weight is 445 g/mol. The molecule has 5 nitrogen and oxygen atoms in total. The Bertz CT molecular complexity index is 1280. The summed E-state index contributed by atoms with van der Waals surface area (Å²) in [5.41, 5.74) is 3.16. The first-order valence-corrected chi connectivity index (χ1v) is 11.4. The lowest BCUT2D eigenvalue weighted by Crippen LogP contribution is -2.21. The van der Waals surface area contributed by atoms with Gasteiger partial charge in [-0.15, -0.1) is 0 Å². The first-order chi connectivity index (χ1) is 15.6. The summed E-state index contributed by atoms with van der Waals surface area (Å²) in [5.74, 6) is -0.940. The van der Waals surface area contributed by atoms with Gasteiger partial charge in [0.2, 0.25) is 0 Å². The van der Waals surface area contributed by atoms with Crippen LogP contribution in [0.2, 0.25) is 0 Å². The number of rotatable bonds is 8. The van der Waals surface area contributed by atoms with Gasteiger partial charge in [-0.05, 0) is 54.0 Å².